The van der Waals surface area contributed by atoms with Gasteiger partial charge in [0.2, 0.25) is 0 Å². The zero-order chi connectivity index (χ0) is 26.2. The van der Waals surface area contributed by atoms with Crippen molar-refractivity contribution in [3.05, 3.63) is 90.1 Å². The van der Waals surface area contributed by atoms with Crippen molar-refractivity contribution in [2.24, 2.45) is 0 Å². The van der Waals surface area contributed by atoms with Crippen molar-refractivity contribution in [2.75, 3.05) is 14.2 Å². The van der Waals surface area contributed by atoms with E-state index < -0.39 is 5.25 Å². The zero-order valence-corrected chi connectivity index (χ0v) is 22.3. The van der Waals surface area contributed by atoms with Crippen LogP contribution in [0.15, 0.2) is 83.9 Å². The number of para-hydroxylation sites is 1. The summed E-state index contributed by atoms with van der Waals surface area (Å²) in [4.78, 5) is 18.2. The predicted molar refractivity (Wildman–Crippen MR) is 147 cm³/mol. The normalized spacial score (nSPS) is 11.8. The van der Waals surface area contributed by atoms with Crippen molar-refractivity contribution < 1.29 is 23.7 Å². The van der Waals surface area contributed by atoms with Gasteiger partial charge >= 0.3 is 5.97 Å². The molecule has 4 rings (SSSR count). The van der Waals surface area contributed by atoms with Gasteiger partial charge in [0.25, 0.3) is 0 Å². The Kier molecular flexibility index (Phi) is 8.90. The number of nitrogens with zero attached hydrogens (tertiary/aromatic N) is 1. The molecule has 192 valence electrons. The van der Waals surface area contributed by atoms with Crippen LogP contribution in [0.4, 0.5) is 0 Å². The summed E-state index contributed by atoms with van der Waals surface area (Å²) in [7, 11) is 3.06. The highest BCUT2D eigenvalue weighted by molar-refractivity contribution is 8.00. The number of carbonyl (C=O) groups is 1. The molecule has 1 unspecified atom stereocenters. The van der Waals surface area contributed by atoms with Crippen molar-refractivity contribution in [1.82, 2.24) is 4.98 Å². The fraction of sp³-hybridized carbons (Fsp3) is 0.267. The minimum Gasteiger partial charge on any atom is -0.497 e. The van der Waals surface area contributed by atoms with Crippen LogP contribution in [0, 0.1) is 0 Å². The SMILES string of the molecule is COC(=O)C(Cc1ccccc1OCc1cnc2ccc(OC)cc2c1OC(C)C)Sc1ccccc1. The molecule has 4 aromatic rings. The van der Waals surface area contributed by atoms with E-state index in [0.717, 1.165) is 38.4 Å². The highest BCUT2D eigenvalue weighted by atomic mass is 32.2. The first-order valence-corrected chi connectivity index (χ1v) is 13.0. The van der Waals surface area contributed by atoms with Crippen LogP contribution < -0.4 is 14.2 Å². The van der Waals surface area contributed by atoms with Crippen LogP contribution in [0.5, 0.6) is 17.2 Å². The third-order valence-corrected chi connectivity index (χ3v) is 6.89. The van der Waals surface area contributed by atoms with Gasteiger partial charge in [0.05, 0.1) is 31.4 Å². The van der Waals surface area contributed by atoms with E-state index in [4.69, 9.17) is 18.9 Å². The number of aromatic nitrogens is 1. The van der Waals surface area contributed by atoms with E-state index in [2.05, 4.69) is 4.98 Å². The molecule has 0 saturated heterocycles. The van der Waals surface area contributed by atoms with Crippen molar-refractivity contribution in [3.8, 4) is 17.2 Å². The second-order valence-electron chi connectivity index (χ2n) is 8.71. The highest BCUT2D eigenvalue weighted by Gasteiger charge is 2.23. The fourth-order valence-electron chi connectivity index (χ4n) is 3.93. The molecule has 1 aromatic heterocycles. The number of carbonyl (C=O) groups excluding carboxylic acids is 1. The maximum absolute atomic E-state index is 12.6. The minimum atomic E-state index is -0.410. The second-order valence-corrected chi connectivity index (χ2v) is 9.98. The minimum absolute atomic E-state index is 0.0290. The van der Waals surface area contributed by atoms with Crippen LogP contribution in [0.3, 0.4) is 0 Å². The van der Waals surface area contributed by atoms with Crippen molar-refractivity contribution in [2.45, 2.75) is 43.1 Å². The van der Waals surface area contributed by atoms with Gasteiger partial charge in [0.1, 0.15) is 29.1 Å². The van der Waals surface area contributed by atoms with Gasteiger partial charge in [0, 0.05) is 16.5 Å². The number of pyridine rings is 1. The molecule has 3 aromatic carbocycles. The number of thioether (sulfide) groups is 1. The van der Waals surface area contributed by atoms with E-state index in [1.807, 2.05) is 86.6 Å². The molecule has 7 heteroatoms. The van der Waals surface area contributed by atoms with Gasteiger partial charge in [-0.15, -0.1) is 11.8 Å². The summed E-state index contributed by atoms with van der Waals surface area (Å²) in [6.07, 6.45) is 2.22. The summed E-state index contributed by atoms with van der Waals surface area (Å²) >= 11 is 1.48. The molecule has 1 atom stereocenters. The summed E-state index contributed by atoms with van der Waals surface area (Å²) in [5.41, 5.74) is 2.56. The number of hydrogen-bond donors (Lipinski definition) is 0. The maximum Gasteiger partial charge on any atom is 0.319 e. The lowest BCUT2D eigenvalue weighted by molar-refractivity contribution is -0.139. The molecular weight excluding hydrogens is 486 g/mol. The van der Waals surface area contributed by atoms with E-state index in [1.165, 1.54) is 18.9 Å². The van der Waals surface area contributed by atoms with E-state index in [-0.39, 0.29) is 18.7 Å². The number of rotatable bonds is 11. The summed E-state index contributed by atoms with van der Waals surface area (Å²) in [6.45, 7) is 4.24. The molecule has 0 aliphatic rings. The number of ether oxygens (including phenoxy) is 4. The number of fused-ring (bicyclic) bond motifs is 1. The standard InChI is InChI=1S/C30H31NO5S/c1-20(2)36-29-22(18-31-26-15-14-23(33-3)17-25(26)29)19-35-27-13-9-8-10-21(27)16-28(30(32)34-4)37-24-11-6-5-7-12-24/h5-15,17-18,20,28H,16,19H2,1-4H3. The van der Waals surface area contributed by atoms with Crippen LogP contribution in [0.1, 0.15) is 25.0 Å². The van der Waals surface area contributed by atoms with Gasteiger partial charge in [-0.3, -0.25) is 9.78 Å². The molecule has 0 amide bonds. The predicted octanol–water partition coefficient (Wildman–Crippen LogP) is 6.49. The molecule has 1 heterocycles. The summed E-state index contributed by atoms with van der Waals surface area (Å²) < 4.78 is 23.0. The topological polar surface area (TPSA) is 66.9 Å². The molecule has 0 fully saturated rings. The molecule has 0 N–H and O–H groups in total. The summed E-state index contributed by atoms with van der Waals surface area (Å²) in [6, 6.07) is 23.3. The molecule has 0 aliphatic carbocycles. The molecule has 0 saturated carbocycles. The molecule has 0 bridgehead atoms. The number of methoxy groups -OCH3 is 2. The zero-order valence-electron chi connectivity index (χ0n) is 21.5. The van der Waals surface area contributed by atoms with Crippen LogP contribution in [0.2, 0.25) is 0 Å². The Morgan fingerprint density at radius 1 is 0.946 bits per heavy atom. The third-order valence-electron chi connectivity index (χ3n) is 5.70. The summed E-state index contributed by atoms with van der Waals surface area (Å²) in [5, 5.41) is 0.458. The van der Waals surface area contributed by atoms with Gasteiger partial charge in [0.15, 0.2) is 0 Å². The van der Waals surface area contributed by atoms with Crippen molar-refractivity contribution in [3.63, 3.8) is 0 Å². The van der Waals surface area contributed by atoms with Crippen LogP contribution >= 0.6 is 11.8 Å². The van der Waals surface area contributed by atoms with E-state index in [1.54, 1.807) is 13.3 Å². The van der Waals surface area contributed by atoms with Gasteiger partial charge in [-0.05, 0) is 62.2 Å². The number of hydrogen-bond acceptors (Lipinski definition) is 7. The Hall–Kier alpha value is -3.71. The lowest BCUT2D eigenvalue weighted by Crippen LogP contribution is -2.21. The Bertz CT molecular complexity index is 1340. The third kappa shape index (κ3) is 6.74. The molecule has 0 spiro atoms. The number of benzene rings is 3. The molecule has 37 heavy (non-hydrogen) atoms. The second kappa shape index (κ2) is 12.5. The first-order valence-electron chi connectivity index (χ1n) is 12.1. The lowest BCUT2D eigenvalue weighted by Gasteiger charge is -2.19. The van der Waals surface area contributed by atoms with E-state index in [9.17, 15) is 4.79 Å². The maximum atomic E-state index is 12.6. The Morgan fingerprint density at radius 3 is 2.43 bits per heavy atom. The monoisotopic (exact) mass is 517 g/mol. The fourth-order valence-corrected chi connectivity index (χ4v) is 5.03. The smallest absolute Gasteiger partial charge is 0.319 e. The number of esters is 1. The lowest BCUT2D eigenvalue weighted by atomic mass is 10.1. The van der Waals surface area contributed by atoms with Gasteiger partial charge in [-0.1, -0.05) is 36.4 Å². The van der Waals surface area contributed by atoms with E-state index >= 15 is 0 Å². The van der Waals surface area contributed by atoms with Crippen LogP contribution in [0.25, 0.3) is 10.9 Å². The average molecular weight is 518 g/mol. The average Bonchev–Trinajstić information content (AvgIpc) is 2.92. The van der Waals surface area contributed by atoms with Gasteiger partial charge in [-0.25, -0.2) is 0 Å². The van der Waals surface area contributed by atoms with Crippen molar-refractivity contribution in [1.29, 1.82) is 0 Å². The highest BCUT2D eigenvalue weighted by Crippen LogP contribution is 2.34. The first-order chi connectivity index (χ1) is 18.0. The first kappa shape index (κ1) is 26.4. The molecule has 0 radical (unpaired) electrons. The van der Waals surface area contributed by atoms with Crippen molar-refractivity contribution >= 4 is 28.6 Å². The van der Waals surface area contributed by atoms with E-state index in [0.29, 0.717) is 12.2 Å². The summed E-state index contributed by atoms with van der Waals surface area (Å²) in [5.74, 6) is 1.88. The van der Waals surface area contributed by atoms with Crippen LogP contribution in [-0.4, -0.2) is 36.5 Å². The molecule has 0 aliphatic heterocycles. The van der Waals surface area contributed by atoms with Crippen LogP contribution in [-0.2, 0) is 22.6 Å². The van der Waals surface area contributed by atoms with Gasteiger partial charge in [-0.2, -0.15) is 0 Å². The Morgan fingerprint density at radius 2 is 1.70 bits per heavy atom. The Balaban J connectivity index is 1.59. The molecule has 6 nitrogen and oxygen atoms in total. The largest absolute Gasteiger partial charge is 0.497 e. The quantitative estimate of drug-likeness (QED) is 0.166. The molecular formula is C30H31NO5S. The van der Waals surface area contributed by atoms with Gasteiger partial charge < -0.3 is 18.9 Å². The Labute approximate surface area is 221 Å².